The number of rotatable bonds is 10. The summed E-state index contributed by atoms with van der Waals surface area (Å²) in [6.07, 6.45) is -0.0981. The Hall–Kier alpha value is -5.22. The average molecular weight is 779 g/mol. The van der Waals surface area contributed by atoms with E-state index in [1.807, 2.05) is 6.07 Å². The van der Waals surface area contributed by atoms with E-state index in [4.69, 9.17) is 9.47 Å². The summed E-state index contributed by atoms with van der Waals surface area (Å²) in [7, 11) is 4.33. The van der Waals surface area contributed by atoms with E-state index >= 15 is 0 Å². The molecule has 0 aliphatic carbocycles. The van der Waals surface area contributed by atoms with Crippen molar-refractivity contribution in [3.05, 3.63) is 75.2 Å². The molecule has 0 spiro atoms. The fraction of sp³-hybridized carbons (Fsp3) is 0.475. The highest BCUT2D eigenvalue weighted by atomic mass is 19.4. The van der Waals surface area contributed by atoms with Crippen LogP contribution < -0.4 is 25.2 Å². The van der Waals surface area contributed by atoms with Crippen molar-refractivity contribution in [2.24, 2.45) is 13.0 Å². The Bertz CT molecular complexity index is 2080. The van der Waals surface area contributed by atoms with Crippen molar-refractivity contribution >= 4 is 29.3 Å². The number of halogens is 3. The van der Waals surface area contributed by atoms with Crippen LogP contribution in [0.4, 0.5) is 18.9 Å². The summed E-state index contributed by atoms with van der Waals surface area (Å²) in [6, 6.07) is 8.49. The molecule has 5 heterocycles. The smallest absolute Gasteiger partial charge is 0.421 e. The summed E-state index contributed by atoms with van der Waals surface area (Å²) in [5, 5.41) is 2.23. The van der Waals surface area contributed by atoms with Crippen LogP contribution in [0.2, 0.25) is 0 Å². The number of pyridine rings is 1. The molecular weight excluding hydrogens is 733 g/mol. The first kappa shape index (κ1) is 39.0. The van der Waals surface area contributed by atoms with E-state index in [9.17, 15) is 37.1 Å². The molecule has 1 aromatic heterocycles. The zero-order chi connectivity index (χ0) is 39.9. The van der Waals surface area contributed by atoms with E-state index in [2.05, 4.69) is 20.0 Å². The van der Waals surface area contributed by atoms with E-state index < -0.39 is 47.0 Å². The quantitative estimate of drug-likeness (QED) is 0.302. The Kier molecular flexibility index (Phi) is 11.0. The molecular formula is C40H45F3N6O7. The second kappa shape index (κ2) is 15.7. The molecule has 3 fully saturated rings. The van der Waals surface area contributed by atoms with E-state index in [1.165, 1.54) is 27.5 Å². The summed E-state index contributed by atoms with van der Waals surface area (Å²) in [6.45, 7) is 6.54. The Morgan fingerprint density at radius 2 is 1.45 bits per heavy atom. The first-order valence-corrected chi connectivity index (χ1v) is 18.8. The normalized spacial score (nSPS) is 20.1. The molecule has 4 aliphatic rings. The Balaban J connectivity index is 0.902. The van der Waals surface area contributed by atoms with Gasteiger partial charge in [-0.05, 0) is 98.8 Å². The van der Waals surface area contributed by atoms with Gasteiger partial charge in [0.05, 0.1) is 30.9 Å². The fourth-order valence-corrected chi connectivity index (χ4v) is 8.29. The zero-order valence-electron chi connectivity index (χ0n) is 31.6. The van der Waals surface area contributed by atoms with Gasteiger partial charge in [-0.2, -0.15) is 13.2 Å². The van der Waals surface area contributed by atoms with Gasteiger partial charge in [0.2, 0.25) is 11.8 Å². The van der Waals surface area contributed by atoms with Crippen LogP contribution in [-0.2, 0) is 29.4 Å². The van der Waals surface area contributed by atoms with Crippen LogP contribution in [0.5, 0.6) is 11.5 Å². The molecule has 16 heteroatoms. The van der Waals surface area contributed by atoms with E-state index in [1.54, 1.807) is 24.3 Å². The van der Waals surface area contributed by atoms with Gasteiger partial charge < -0.3 is 18.9 Å². The minimum absolute atomic E-state index is 0.0745. The van der Waals surface area contributed by atoms with Gasteiger partial charge in [-0.15, -0.1) is 0 Å². The average Bonchev–Trinajstić information content (AvgIpc) is 3.43. The Morgan fingerprint density at radius 3 is 2.07 bits per heavy atom. The number of piperidine rings is 2. The van der Waals surface area contributed by atoms with Crippen LogP contribution in [-0.4, -0.2) is 109 Å². The number of amides is 4. The number of imide groups is 2. The van der Waals surface area contributed by atoms with Gasteiger partial charge in [0.1, 0.15) is 23.1 Å². The molecule has 4 amide bonds. The van der Waals surface area contributed by atoms with Crippen LogP contribution in [0.3, 0.4) is 0 Å². The van der Waals surface area contributed by atoms with Crippen molar-refractivity contribution in [1.29, 1.82) is 0 Å². The molecule has 3 saturated heterocycles. The molecule has 1 N–H and O–H groups in total. The molecule has 2 aromatic carbocycles. The summed E-state index contributed by atoms with van der Waals surface area (Å²) in [4.78, 5) is 70.6. The monoisotopic (exact) mass is 778 g/mol. The number of carbonyl (C=O) groups excluding carboxylic acids is 4. The number of piperazine rings is 1. The topological polar surface area (TPSA) is 134 Å². The number of carbonyl (C=O) groups is 4. The van der Waals surface area contributed by atoms with Gasteiger partial charge in [0.25, 0.3) is 17.4 Å². The lowest BCUT2D eigenvalue weighted by atomic mass is 9.92. The van der Waals surface area contributed by atoms with Gasteiger partial charge >= 0.3 is 6.18 Å². The largest absolute Gasteiger partial charge is 0.496 e. The number of fused-ring (bicyclic) bond motifs is 1. The molecule has 7 rings (SSSR count). The van der Waals surface area contributed by atoms with Crippen molar-refractivity contribution < 1.29 is 41.8 Å². The summed E-state index contributed by atoms with van der Waals surface area (Å²) in [5.41, 5.74) is 0.535. The minimum atomic E-state index is -4.79. The number of benzene rings is 2. The number of hydrogen-bond acceptors (Lipinski definition) is 10. The predicted octanol–water partition coefficient (Wildman–Crippen LogP) is 3.91. The fourth-order valence-electron chi connectivity index (χ4n) is 8.29. The molecule has 56 heavy (non-hydrogen) atoms. The van der Waals surface area contributed by atoms with Crippen LogP contribution >= 0.6 is 0 Å². The standard InChI is InChI=1S/C40H45F3N6O7/c1-45-22-26(18-31(39(45)54)40(41,42)43)25-19-33(55-2)30(34(20-25)56-3)23-47-12-9-24(10-13-47)8-11-46-14-16-48(17-15-46)27-4-5-28-29(21-27)38(53)49(37(28)52)32-6-7-35(50)44-36(32)51/h4-5,18-22,24,32H,6-17,23H2,1-3H3,(H,44,50,51). The highest BCUT2D eigenvalue weighted by Crippen LogP contribution is 2.38. The minimum Gasteiger partial charge on any atom is -0.496 e. The third-order valence-corrected chi connectivity index (χ3v) is 11.5. The summed E-state index contributed by atoms with van der Waals surface area (Å²) in [5.74, 6) is -0.493. The van der Waals surface area contributed by atoms with Gasteiger partial charge in [0, 0.05) is 58.1 Å². The van der Waals surface area contributed by atoms with Gasteiger partial charge in [0.15, 0.2) is 0 Å². The van der Waals surface area contributed by atoms with Gasteiger partial charge in [-0.25, -0.2) is 0 Å². The predicted molar refractivity (Wildman–Crippen MR) is 200 cm³/mol. The number of hydrogen-bond donors (Lipinski definition) is 1. The Labute approximate surface area is 321 Å². The third-order valence-electron chi connectivity index (χ3n) is 11.5. The van der Waals surface area contributed by atoms with Crippen LogP contribution in [0.1, 0.15) is 63.9 Å². The lowest BCUT2D eigenvalue weighted by Gasteiger charge is -2.38. The Morgan fingerprint density at radius 1 is 0.786 bits per heavy atom. The highest BCUT2D eigenvalue weighted by molar-refractivity contribution is 6.23. The number of methoxy groups -OCH3 is 2. The van der Waals surface area contributed by atoms with Gasteiger partial charge in [-0.1, -0.05) is 0 Å². The van der Waals surface area contributed by atoms with E-state index in [0.29, 0.717) is 29.5 Å². The first-order chi connectivity index (χ1) is 26.7. The van der Waals surface area contributed by atoms with Crippen LogP contribution in [0.15, 0.2) is 47.4 Å². The summed E-state index contributed by atoms with van der Waals surface area (Å²) >= 11 is 0. The molecule has 0 bridgehead atoms. The maximum absolute atomic E-state index is 13.6. The number of likely N-dealkylation sites (tertiary alicyclic amines) is 1. The first-order valence-electron chi connectivity index (χ1n) is 18.8. The lowest BCUT2D eigenvalue weighted by Crippen LogP contribution is -2.54. The second-order valence-corrected chi connectivity index (χ2v) is 14.9. The number of ether oxygens (including phenoxy) is 2. The molecule has 13 nitrogen and oxygen atoms in total. The molecule has 0 saturated carbocycles. The van der Waals surface area contributed by atoms with Crippen molar-refractivity contribution in [3.63, 3.8) is 0 Å². The van der Waals surface area contributed by atoms with E-state index in [-0.39, 0.29) is 29.5 Å². The zero-order valence-corrected chi connectivity index (χ0v) is 31.6. The number of aromatic nitrogens is 1. The second-order valence-electron chi connectivity index (χ2n) is 14.9. The van der Waals surface area contributed by atoms with Crippen molar-refractivity contribution in [3.8, 4) is 22.6 Å². The van der Waals surface area contributed by atoms with Crippen LogP contribution in [0.25, 0.3) is 11.1 Å². The van der Waals surface area contributed by atoms with Crippen LogP contribution in [0, 0.1) is 5.92 Å². The highest BCUT2D eigenvalue weighted by Gasteiger charge is 2.45. The maximum atomic E-state index is 13.6. The number of nitrogens with one attached hydrogen (secondary N) is 1. The maximum Gasteiger partial charge on any atom is 0.421 e. The molecule has 4 aliphatic heterocycles. The van der Waals surface area contributed by atoms with Crippen molar-refractivity contribution in [2.45, 2.75) is 50.9 Å². The molecule has 298 valence electrons. The number of aryl methyl sites for hydroxylation is 1. The summed E-state index contributed by atoms with van der Waals surface area (Å²) < 4.78 is 53.1. The molecule has 1 atom stereocenters. The van der Waals surface area contributed by atoms with Crippen molar-refractivity contribution in [2.75, 3.05) is 64.9 Å². The molecule has 0 radical (unpaired) electrons. The molecule has 1 unspecified atom stereocenters. The van der Waals surface area contributed by atoms with E-state index in [0.717, 1.165) is 91.9 Å². The third kappa shape index (κ3) is 7.76. The van der Waals surface area contributed by atoms with Gasteiger partial charge in [-0.3, -0.25) is 44.0 Å². The lowest BCUT2D eigenvalue weighted by molar-refractivity contribution is -0.139. The number of anilines is 1. The number of nitrogens with zero attached hydrogens (tertiary/aromatic N) is 5. The SMILES string of the molecule is COc1cc(-c2cc(C(F)(F)F)c(=O)n(C)c2)cc(OC)c1CN1CCC(CCN2CCN(c3ccc4c(c3)C(=O)N(C3CCC(=O)NC3=O)C4=O)CC2)CC1. The molecule has 3 aromatic rings. The number of alkyl halides is 3. The van der Waals surface area contributed by atoms with Crippen molar-refractivity contribution in [1.82, 2.24) is 24.6 Å².